The maximum absolute atomic E-state index is 10.6. The molecule has 1 fully saturated rings. The number of hydrogen-bond donors (Lipinski definition) is 3. The van der Waals surface area contributed by atoms with Crippen molar-refractivity contribution in [1.82, 2.24) is 10.6 Å². The molecule has 31 heavy (non-hydrogen) atoms. The average molecular weight is 540 g/mol. The summed E-state index contributed by atoms with van der Waals surface area (Å²) in [7, 11) is 3.17. The summed E-state index contributed by atoms with van der Waals surface area (Å²) in [6.45, 7) is 4.97. The number of methoxy groups -OCH3 is 2. The maximum Gasteiger partial charge on any atom is 0.191 e. The van der Waals surface area contributed by atoms with Crippen LogP contribution in [-0.2, 0) is 0 Å². The van der Waals surface area contributed by atoms with Crippen molar-refractivity contribution in [3.05, 3.63) is 54.1 Å². The molecule has 0 aliphatic carbocycles. The lowest BCUT2D eigenvalue weighted by Crippen LogP contribution is -2.44. The number of nitrogens with one attached hydrogen (secondary N) is 2. The fourth-order valence-corrected chi connectivity index (χ4v) is 3.61. The zero-order chi connectivity index (χ0) is 21.3. The first-order valence-corrected chi connectivity index (χ1v) is 10.4. The van der Waals surface area contributed by atoms with E-state index in [9.17, 15) is 5.11 Å². The Morgan fingerprint density at radius 3 is 2.58 bits per heavy atom. The fraction of sp³-hybridized carbons (Fsp3) is 0.435. The van der Waals surface area contributed by atoms with Gasteiger partial charge in [-0.05, 0) is 43.2 Å². The van der Waals surface area contributed by atoms with Crippen LogP contribution in [0.2, 0.25) is 0 Å². The van der Waals surface area contributed by atoms with Crippen molar-refractivity contribution in [1.29, 1.82) is 0 Å². The third-order valence-electron chi connectivity index (χ3n) is 5.21. The van der Waals surface area contributed by atoms with Gasteiger partial charge < -0.3 is 30.1 Å². The molecule has 1 aliphatic rings. The van der Waals surface area contributed by atoms with Crippen LogP contribution in [0.1, 0.15) is 25.0 Å². The van der Waals surface area contributed by atoms with Crippen molar-refractivity contribution in [2.75, 3.05) is 45.3 Å². The smallest absolute Gasteiger partial charge is 0.191 e. The Bertz CT molecular complexity index is 835. The molecular formula is C23H33IN4O3. The average Bonchev–Trinajstić information content (AvgIpc) is 3.26. The van der Waals surface area contributed by atoms with Crippen LogP contribution in [-0.4, -0.2) is 57.5 Å². The van der Waals surface area contributed by atoms with Gasteiger partial charge in [-0.1, -0.05) is 24.3 Å². The summed E-state index contributed by atoms with van der Waals surface area (Å²) in [5.74, 6) is 1.95. The molecular weight excluding hydrogens is 507 g/mol. The molecule has 3 rings (SSSR count). The predicted molar refractivity (Wildman–Crippen MR) is 136 cm³/mol. The molecule has 2 atom stereocenters. The van der Waals surface area contributed by atoms with Gasteiger partial charge in [0.05, 0.1) is 26.9 Å². The molecule has 0 saturated carbocycles. The van der Waals surface area contributed by atoms with Gasteiger partial charge >= 0.3 is 0 Å². The van der Waals surface area contributed by atoms with E-state index in [1.54, 1.807) is 26.4 Å². The highest BCUT2D eigenvalue weighted by Crippen LogP contribution is 2.30. The number of nitrogens with zero attached hydrogens (tertiary/aromatic N) is 2. The third-order valence-corrected chi connectivity index (χ3v) is 5.21. The highest BCUT2D eigenvalue weighted by atomic mass is 127. The molecule has 1 saturated heterocycles. The van der Waals surface area contributed by atoms with Gasteiger partial charge in [0.25, 0.3) is 0 Å². The van der Waals surface area contributed by atoms with Crippen LogP contribution in [0.4, 0.5) is 5.69 Å². The van der Waals surface area contributed by atoms with Crippen LogP contribution in [0.15, 0.2) is 53.5 Å². The van der Waals surface area contributed by atoms with E-state index >= 15 is 0 Å². The highest BCUT2D eigenvalue weighted by Gasteiger charge is 2.23. The molecule has 0 aromatic heterocycles. The summed E-state index contributed by atoms with van der Waals surface area (Å²) in [5.41, 5.74) is 1.98. The zero-order valence-corrected chi connectivity index (χ0v) is 20.7. The van der Waals surface area contributed by atoms with Gasteiger partial charge in [0.1, 0.15) is 0 Å². The van der Waals surface area contributed by atoms with E-state index < -0.39 is 6.10 Å². The number of aliphatic hydroxyl groups excluding tert-OH is 1. The van der Waals surface area contributed by atoms with Crippen LogP contribution >= 0.6 is 24.0 Å². The van der Waals surface area contributed by atoms with E-state index in [1.807, 2.05) is 19.1 Å². The number of aliphatic imine (C=N–C) groups is 1. The first-order chi connectivity index (χ1) is 14.6. The number of ether oxygens (including phenoxy) is 2. The number of halogens is 1. The molecule has 8 heteroatoms. The van der Waals surface area contributed by atoms with Crippen LogP contribution in [0.3, 0.4) is 0 Å². The van der Waals surface area contributed by atoms with Gasteiger partial charge in [-0.2, -0.15) is 0 Å². The SMILES string of the molecule is CCNC(=NCC(O)c1ccc(OC)c(OC)c1)NC1CCN(c2ccccc2)C1.I. The second-order valence-corrected chi connectivity index (χ2v) is 7.26. The molecule has 2 unspecified atom stereocenters. The van der Waals surface area contributed by atoms with E-state index in [2.05, 4.69) is 44.8 Å². The van der Waals surface area contributed by atoms with Gasteiger partial charge in [0.15, 0.2) is 17.5 Å². The summed E-state index contributed by atoms with van der Waals surface area (Å²) in [6.07, 6.45) is 0.307. The molecule has 170 valence electrons. The number of aliphatic hydroxyl groups is 1. The maximum atomic E-state index is 10.6. The van der Waals surface area contributed by atoms with Crippen molar-refractivity contribution in [3.8, 4) is 11.5 Å². The third kappa shape index (κ3) is 6.90. The lowest BCUT2D eigenvalue weighted by atomic mass is 10.1. The largest absolute Gasteiger partial charge is 0.493 e. The Morgan fingerprint density at radius 2 is 1.90 bits per heavy atom. The lowest BCUT2D eigenvalue weighted by molar-refractivity contribution is 0.186. The van der Waals surface area contributed by atoms with Crippen molar-refractivity contribution >= 4 is 35.6 Å². The van der Waals surface area contributed by atoms with Gasteiger partial charge in [-0.3, -0.25) is 4.99 Å². The van der Waals surface area contributed by atoms with Crippen LogP contribution in [0, 0.1) is 0 Å². The Balaban J connectivity index is 0.00000341. The normalized spacial score (nSPS) is 17.0. The topological polar surface area (TPSA) is 78.4 Å². The second kappa shape index (κ2) is 12.6. The molecule has 3 N–H and O–H groups in total. The summed E-state index contributed by atoms with van der Waals surface area (Å²) in [5, 5.41) is 17.4. The van der Waals surface area contributed by atoms with E-state index in [1.165, 1.54) is 5.69 Å². The van der Waals surface area contributed by atoms with Crippen molar-refractivity contribution in [3.63, 3.8) is 0 Å². The van der Waals surface area contributed by atoms with Crippen LogP contribution in [0.5, 0.6) is 11.5 Å². The standard InChI is InChI=1S/C23H32N4O3.HI/c1-4-24-23(26-18-12-13-27(16-18)19-8-6-5-7-9-19)25-15-20(28)17-10-11-21(29-2)22(14-17)30-3;/h5-11,14,18,20,28H,4,12-13,15-16H2,1-3H3,(H2,24,25,26);1H. The highest BCUT2D eigenvalue weighted by molar-refractivity contribution is 14.0. The molecule has 0 bridgehead atoms. The molecule has 1 aliphatic heterocycles. The van der Waals surface area contributed by atoms with Gasteiger partial charge in [0.2, 0.25) is 0 Å². The number of benzene rings is 2. The molecule has 2 aromatic carbocycles. The quantitative estimate of drug-likeness (QED) is 0.271. The lowest BCUT2D eigenvalue weighted by Gasteiger charge is -2.20. The van der Waals surface area contributed by atoms with Gasteiger partial charge in [-0.25, -0.2) is 0 Å². The van der Waals surface area contributed by atoms with E-state index in [-0.39, 0.29) is 30.5 Å². The molecule has 0 spiro atoms. The number of para-hydroxylation sites is 1. The Kier molecular flexibility index (Phi) is 10.2. The second-order valence-electron chi connectivity index (χ2n) is 7.26. The van der Waals surface area contributed by atoms with Crippen molar-refractivity contribution in [2.45, 2.75) is 25.5 Å². The van der Waals surface area contributed by atoms with E-state index in [0.29, 0.717) is 17.5 Å². The monoisotopic (exact) mass is 540 g/mol. The van der Waals surface area contributed by atoms with Crippen LogP contribution in [0.25, 0.3) is 0 Å². The minimum atomic E-state index is -0.732. The fourth-order valence-electron chi connectivity index (χ4n) is 3.61. The van der Waals surface area contributed by atoms with Crippen molar-refractivity contribution < 1.29 is 14.6 Å². The van der Waals surface area contributed by atoms with Crippen molar-refractivity contribution in [2.24, 2.45) is 4.99 Å². The molecule has 7 nitrogen and oxygen atoms in total. The van der Waals surface area contributed by atoms with Gasteiger partial charge in [0, 0.05) is 31.4 Å². The summed E-state index contributed by atoms with van der Waals surface area (Å²) >= 11 is 0. The summed E-state index contributed by atoms with van der Waals surface area (Å²) < 4.78 is 10.6. The minimum absolute atomic E-state index is 0. The molecule has 0 radical (unpaired) electrons. The first-order valence-electron chi connectivity index (χ1n) is 10.4. The Morgan fingerprint density at radius 1 is 1.16 bits per heavy atom. The first kappa shape index (κ1) is 25.1. The predicted octanol–water partition coefficient (Wildman–Crippen LogP) is 3.19. The number of guanidine groups is 1. The molecule has 0 amide bonds. The van der Waals surface area contributed by atoms with E-state index in [4.69, 9.17) is 9.47 Å². The summed E-state index contributed by atoms with van der Waals surface area (Å²) in [6, 6.07) is 16.2. The Hall–Kier alpha value is -2.20. The number of rotatable bonds is 8. The van der Waals surface area contributed by atoms with E-state index in [0.717, 1.165) is 37.6 Å². The molecule has 2 aromatic rings. The molecule has 1 heterocycles. The van der Waals surface area contributed by atoms with Crippen LogP contribution < -0.4 is 25.0 Å². The number of anilines is 1. The summed E-state index contributed by atoms with van der Waals surface area (Å²) in [4.78, 5) is 6.98. The Labute approximate surface area is 201 Å². The number of hydrogen-bond acceptors (Lipinski definition) is 5. The minimum Gasteiger partial charge on any atom is -0.493 e. The van der Waals surface area contributed by atoms with Gasteiger partial charge in [-0.15, -0.1) is 24.0 Å². The zero-order valence-electron chi connectivity index (χ0n) is 18.4.